The summed E-state index contributed by atoms with van der Waals surface area (Å²) in [7, 11) is 1.90. The van der Waals surface area contributed by atoms with Crippen molar-refractivity contribution in [1.82, 2.24) is 0 Å². The highest BCUT2D eigenvalue weighted by atomic mass is 19.1. The Hall–Kier alpha value is -2.34. The standard InChI is InChI=1S/C16H15FN2/c1-12-7-8-15(17)9-14(12)11-19(2)16-6-4-3-5-13(16)10-18/h3-9H,11H2,1-2H3. The Kier molecular flexibility index (Phi) is 3.82. The number of para-hydroxylation sites is 1. The second-order valence-corrected chi connectivity index (χ2v) is 4.56. The van der Waals surface area contributed by atoms with Crippen LogP contribution in [0.2, 0.25) is 0 Å². The number of rotatable bonds is 3. The lowest BCUT2D eigenvalue weighted by molar-refractivity contribution is 0.624. The molecule has 0 spiro atoms. The van der Waals surface area contributed by atoms with Gasteiger partial charge in [0.25, 0.3) is 0 Å². The molecule has 2 aromatic carbocycles. The van der Waals surface area contributed by atoms with Gasteiger partial charge >= 0.3 is 0 Å². The summed E-state index contributed by atoms with van der Waals surface area (Å²) in [5, 5.41) is 9.10. The van der Waals surface area contributed by atoms with Crippen molar-refractivity contribution in [2.75, 3.05) is 11.9 Å². The SMILES string of the molecule is Cc1ccc(F)cc1CN(C)c1ccccc1C#N. The Morgan fingerprint density at radius 1 is 1.21 bits per heavy atom. The normalized spacial score (nSPS) is 10.0. The van der Waals surface area contributed by atoms with Gasteiger partial charge in [0.05, 0.1) is 11.3 Å². The van der Waals surface area contributed by atoms with E-state index in [1.54, 1.807) is 18.2 Å². The molecule has 0 saturated carbocycles. The van der Waals surface area contributed by atoms with E-state index in [4.69, 9.17) is 5.26 Å². The molecule has 3 heteroatoms. The number of anilines is 1. The molecule has 0 aromatic heterocycles. The zero-order chi connectivity index (χ0) is 13.8. The number of nitriles is 1. The van der Waals surface area contributed by atoms with E-state index >= 15 is 0 Å². The second-order valence-electron chi connectivity index (χ2n) is 4.56. The first-order valence-electron chi connectivity index (χ1n) is 6.07. The lowest BCUT2D eigenvalue weighted by atomic mass is 10.1. The summed E-state index contributed by atoms with van der Waals surface area (Å²) in [4.78, 5) is 1.96. The van der Waals surface area contributed by atoms with E-state index in [0.717, 1.165) is 16.8 Å². The Labute approximate surface area is 112 Å². The van der Waals surface area contributed by atoms with E-state index in [1.807, 2.05) is 37.1 Å². The molecule has 0 aliphatic rings. The molecular formula is C16H15FN2. The van der Waals surface area contributed by atoms with E-state index in [1.165, 1.54) is 6.07 Å². The summed E-state index contributed by atoms with van der Waals surface area (Å²) >= 11 is 0. The van der Waals surface area contributed by atoms with Gasteiger partial charge in [0.1, 0.15) is 11.9 Å². The van der Waals surface area contributed by atoms with Gasteiger partial charge in [0, 0.05) is 13.6 Å². The van der Waals surface area contributed by atoms with Crippen LogP contribution in [-0.4, -0.2) is 7.05 Å². The number of aryl methyl sites for hydroxylation is 1. The van der Waals surface area contributed by atoms with Crippen molar-refractivity contribution in [2.24, 2.45) is 0 Å². The summed E-state index contributed by atoms with van der Waals surface area (Å²) in [6, 6.07) is 14.4. The maximum absolute atomic E-state index is 13.3. The highest BCUT2D eigenvalue weighted by molar-refractivity contribution is 5.59. The predicted molar refractivity (Wildman–Crippen MR) is 74.4 cm³/mol. The van der Waals surface area contributed by atoms with Gasteiger partial charge in [-0.05, 0) is 42.3 Å². The van der Waals surface area contributed by atoms with Crippen LogP contribution in [0.1, 0.15) is 16.7 Å². The third kappa shape index (κ3) is 2.92. The van der Waals surface area contributed by atoms with Crippen LogP contribution in [0.5, 0.6) is 0 Å². The number of halogens is 1. The van der Waals surface area contributed by atoms with Gasteiger partial charge in [0.15, 0.2) is 0 Å². The maximum atomic E-state index is 13.3. The van der Waals surface area contributed by atoms with Crippen molar-refractivity contribution in [3.63, 3.8) is 0 Å². The van der Waals surface area contributed by atoms with Crippen LogP contribution in [0.25, 0.3) is 0 Å². The molecule has 0 amide bonds. The molecular weight excluding hydrogens is 239 g/mol. The third-order valence-corrected chi connectivity index (χ3v) is 3.15. The molecule has 19 heavy (non-hydrogen) atoms. The molecule has 0 bridgehead atoms. The fraction of sp³-hybridized carbons (Fsp3) is 0.188. The summed E-state index contributed by atoms with van der Waals surface area (Å²) < 4.78 is 13.3. The molecule has 96 valence electrons. The first-order chi connectivity index (χ1) is 9.11. The van der Waals surface area contributed by atoms with E-state index < -0.39 is 0 Å². The zero-order valence-electron chi connectivity index (χ0n) is 11.0. The van der Waals surface area contributed by atoms with Gasteiger partial charge < -0.3 is 4.90 Å². The Morgan fingerprint density at radius 2 is 1.95 bits per heavy atom. The smallest absolute Gasteiger partial charge is 0.123 e. The fourth-order valence-electron chi connectivity index (χ4n) is 2.05. The fourth-order valence-corrected chi connectivity index (χ4v) is 2.05. The predicted octanol–water partition coefficient (Wildman–Crippen LogP) is 3.64. The number of hydrogen-bond acceptors (Lipinski definition) is 2. The highest BCUT2D eigenvalue weighted by Gasteiger charge is 2.09. The quantitative estimate of drug-likeness (QED) is 0.836. The lowest BCUT2D eigenvalue weighted by Crippen LogP contribution is -2.18. The van der Waals surface area contributed by atoms with Crippen molar-refractivity contribution >= 4 is 5.69 Å². The van der Waals surface area contributed by atoms with Crippen molar-refractivity contribution in [1.29, 1.82) is 5.26 Å². The van der Waals surface area contributed by atoms with Gasteiger partial charge in [-0.25, -0.2) is 4.39 Å². The van der Waals surface area contributed by atoms with E-state index in [2.05, 4.69) is 6.07 Å². The van der Waals surface area contributed by atoms with Gasteiger partial charge in [-0.3, -0.25) is 0 Å². The van der Waals surface area contributed by atoms with Crippen LogP contribution in [-0.2, 0) is 6.54 Å². The van der Waals surface area contributed by atoms with Crippen molar-refractivity contribution in [3.8, 4) is 6.07 Å². The molecule has 0 N–H and O–H groups in total. The van der Waals surface area contributed by atoms with Crippen LogP contribution >= 0.6 is 0 Å². The topological polar surface area (TPSA) is 27.0 Å². The van der Waals surface area contributed by atoms with Gasteiger partial charge in [0.2, 0.25) is 0 Å². The molecule has 0 atom stereocenters. The van der Waals surface area contributed by atoms with Crippen molar-refractivity contribution in [3.05, 3.63) is 65.0 Å². The monoisotopic (exact) mass is 254 g/mol. The summed E-state index contributed by atoms with van der Waals surface area (Å²) in [6.45, 7) is 2.53. The van der Waals surface area contributed by atoms with Gasteiger partial charge in [-0.15, -0.1) is 0 Å². The average molecular weight is 254 g/mol. The van der Waals surface area contributed by atoms with Gasteiger partial charge in [-0.1, -0.05) is 18.2 Å². The highest BCUT2D eigenvalue weighted by Crippen LogP contribution is 2.21. The van der Waals surface area contributed by atoms with Crippen LogP contribution in [0.4, 0.5) is 10.1 Å². The van der Waals surface area contributed by atoms with Crippen LogP contribution < -0.4 is 4.90 Å². The first kappa shape index (κ1) is 13.1. The molecule has 2 aromatic rings. The molecule has 0 aliphatic heterocycles. The second kappa shape index (κ2) is 5.53. The Bertz CT molecular complexity index is 629. The number of hydrogen-bond donors (Lipinski definition) is 0. The van der Waals surface area contributed by atoms with Crippen LogP contribution in [0, 0.1) is 24.1 Å². The maximum Gasteiger partial charge on any atom is 0.123 e. The minimum Gasteiger partial charge on any atom is -0.369 e. The van der Waals surface area contributed by atoms with Gasteiger partial charge in [-0.2, -0.15) is 5.26 Å². The summed E-state index contributed by atoms with van der Waals surface area (Å²) in [6.07, 6.45) is 0. The Balaban J connectivity index is 2.28. The zero-order valence-corrected chi connectivity index (χ0v) is 11.0. The number of nitrogens with zero attached hydrogens (tertiary/aromatic N) is 2. The summed E-state index contributed by atoms with van der Waals surface area (Å²) in [5.74, 6) is -0.234. The molecule has 2 rings (SSSR count). The largest absolute Gasteiger partial charge is 0.369 e. The molecule has 0 heterocycles. The third-order valence-electron chi connectivity index (χ3n) is 3.15. The van der Waals surface area contributed by atoms with Crippen molar-refractivity contribution in [2.45, 2.75) is 13.5 Å². The average Bonchev–Trinajstić information content (AvgIpc) is 2.42. The molecule has 0 saturated heterocycles. The van der Waals surface area contributed by atoms with E-state index in [0.29, 0.717) is 12.1 Å². The minimum absolute atomic E-state index is 0.234. The molecule has 0 fully saturated rings. The molecule has 0 unspecified atom stereocenters. The number of benzene rings is 2. The van der Waals surface area contributed by atoms with Crippen molar-refractivity contribution < 1.29 is 4.39 Å². The molecule has 0 radical (unpaired) electrons. The molecule has 2 nitrogen and oxygen atoms in total. The lowest BCUT2D eigenvalue weighted by Gasteiger charge is -2.21. The van der Waals surface area contributed by atoms with E-state index in [9.17, 15) is 4.39 Å². The van der Waals surface area contributed by atoms with E-state index in [-0.39, 0.29) is 5.82 Å². The first-order valence-corrected chi connectivity index (χ1v) is 6.07. The van der Waals surface area contributed by atoms with Crippen LogP contribution in [0.15, 0.2) is 42.5 Å². The Morgan fingerprint density at radius 3 is 2.68 bits per heavy atom. The minimum atomic E-state index is -0.234. The molecule has 0 aliphatic carbocycles. The van der Waals surface area contributed by atoms with Crippen LogP contribution in [0.3, 0.4) is 0 Å². The summed E-state index contributed by atoms with van der Waals surface area (Å²) in [5.41, 5.74) is 3.45.